The van der Waals surface area contributed by atoms with Crippen LogP contribution in [0.15, 0.2) is 18.2 Å². The van der Waals surface area contributed by atoms with Crippen molar-refractivity contribution in [2.24, 2.45) is 11.8 Å². The highest BCUT2D eigenvalue weighted by atomic mass is 16.2. The maximum Gasteiger partial charge on any atom is 0.227 e. The molecular formula is C17H24N2O2. The molecule has 1 aliphatic rings. The lowest BCUT2D eigenvalue weighted by Gasteiger charge is -2.19. The van der Waals surface area contributed by atoms with Crippen molar-refractivity contribution in [3.05, 3.63) is 29.3 Å². The molecule has 0 saturated carbocycles. The molecule has 4 heteroatoms. The summed E-state index contributed by atoms with van der Waals surface area (Å²) in [4.78, 5) is 26.1. The van der Waals surface area contributed by atoms with Gasteiger partial charge in [-0.25, -0.2) is 0 Å². The summed E-state index contributed by atoms with van der Waals surface area (Å²) >= 11 is 0. The van der Waals surface area contributed by atoms with Gasteiger partial charge in [0.1, 0.15) is 0 Å². The van der Waals surface area contributed by atoms with Crippen LogP contribution in [-0.4, -0.2) is 24.9 Å². The minimum atomic E-state index is -0.239. The highest BCUT2D eigenvalue weighted by molar-refractivity contribution is 6.00. The van der Waals surface area contributed by atoms with Crippen LogP contribution in [0, 0.1) is 25.7 Å². The van der Waals surface area contributed by atoms with Gasteiger partial charge in [0.2, 0.25) is 11.8 Å². The third kappa shape index (κ3) is 3.63. The molecule has 0 aromatic heterocycles. The van der Waals surface area contributed by atoms with Crippen molar-refractivity contribution in [2.45, 2.75) is 34.1 Å². The van der Waals surface area contributed by atoms with E-state index in [9.17, 15) is 9.59 Å². The van der Waals surface area contributed by atoms with Gasteiger partial charge in [0.05, 0.1) is 5.92 Å². The number of carbonyl (C=O) groups is 2. The molecule has 2 amide bonds. The predicted molar refractivity (Wildman–Crippen MR) is 84.2 cm³/mol. The zero-order valence-corrected chi connectivity index (χ0v) is 13.3. The average Bonchev–Trinajstić information content (AvgIpc) is 2.78. The van der Waals surface area contributed by atoms with E-state index in [0.29, 0.717) is 25.4 Å². The van der Waals surface area contributed by atoms with Crippen LogP contribution in [0.25, 0.3) is 0 Å². The van der Waals surface area contributed by atoms with Crippen LogP contribution >= 0.6 is 0 Å². The Hall–Kier alpha value is -1.84. The molecule has 1 aromatic rings. The quantitative estimate of drug-likeness (QED) is 0.925. The smallest absolute Gasteiger partial charge is 0.227 e. The summed E-state index contributed by atoms with van der Waals surface area (Å²) in [6.45, 7) is 9.29. The van der Waals surface area contributed by atoms with Crippen molar-refractivity contribution in [3.63, 3.8) is 0 Å². The Morgan fingerprint density at radius 2 is 2.10 bits per heavy atom. The first-order valence-electron chi connectivity index (χ1n) is 7.53. The summed E-state index contributed by atoms with van der Waals surface area (Å²) in [5.41, 5.74) is 3.17. The highest BCUT2D eigenvalue weighted by Crippen LogP contribution is 2.28. The lowest BCUT2D eigenvalue weighted by Crippen LogP contribution is -2.35. The van der Waals surface area contributed by atoms with Crippen molar-refractivity contribution in [1.29, 1.82) is 0 Å². The second-order valence-electron chi connectivity index (χ2n) is 6.33. The summed E-state index contributed by atoms with van der Waals surface area (Å²) in [5.74, 6) is 0.203. The highest BCUT2D eigenvalue weighted by Gasteiger charge is 2.35. The minimum Gasteiger partial charge on any atom is -0.356 e. The van der Waals surface area contributed by atoms with E-state index in [2.05, 4.69) is 25.2 Å². The first-order valence-corrected chi connectivity index (χ1v) is 7.53. The fourth-order valence-electron chi connectivity index (χ4n) is 2.67. The van der Waals surface area contributed by atoms with Crippen LogP contribution in [0.3, 0.4) is 0 Å². The second-order valence-corrected chi connectivity index (χ2v) is 6.33. The van der Waals surface area contributed by atoms with Crippen LogP contribution in [0.1, 0.15) is 31.4 Å². The molecule has 1 aromatic carbocycles. The van der Waals surface area contributed by atoms with Gasteiger partial charge < -0.3 is 10.2 Å². The number of nitrogens with zero attached hydrogens (tertiary/aromatic N) is 1. The monoisotopic (exact) mass is 288 g/mol. The van der Waals surface area contributed by atoms with Gasteiger partial charge in [-0.3, -0.25) is 9.59 Å². The van der Waals surface area contributed by atoms with Gasteiger partial charge in [-0.2, -0.15) is 0 Å². The van der Waals surface area contributed by atoms with Crippen LogP contribution < -0.4 is 10.2 Å². The molecule has 0 radical (unpaired) electrons. The molecule has 1 heterocycles. The number of amides is 2. The van der Waals surface area contributed by atoms with E-state index in [1.54, 1.807) is 4.90 Å². The number of rotatable bonds is 4. The molecule has 1 fully saturated rings. The van der Waals surface area contributed by atoms with E-state index >= 15 is 0 Å². The number of hydrogen-bond acceptors (Lipinski definition) is 2. The summed E-state index contributed by atoms with van der Waals surface area (Å²) in [6.07, 6.45) is 0.303. The number of benzene rings is 1. The Balaban J connectivity index is 2.07. The van der Waals surface area contributed by atoms with Crippen molar-refractivity contribution in [1.82, 2.24) is 5.32 Å². The van der Waals surface area contributed by atoms with E-state index in [4.69, 9.17) is 0 Å². The Morgan fingerprint density at radius 3 is 2.71 bits per heavy atom. The van der Waals surface area contributed by atoms with Crippen LogP contribution in [0.2, 0.25) is 0 Å². The fraction of sp³-hybridized carbons (Fsp3) is 0.529. The Kier molecular flexibility index (Phi) is 4.66. The molecule has 1 saturated heterocycles. The Labute approximate surface area is 126 Å². The number of carbonyl (C=O) groups excluding carboxylic acids is 2. The fourth-order valence-corrected chi connectivity index (χ4v) is 2.67. The third-order valence-corrected chi connectivity index (χ3v) is 3.82. The lowest BCUT2D eigenvalue weighted by atomic mass is 10.1. The molecular weight excluding hydrogens is 264 g/mol. The van der Waals surface area contributed by atoms with Gasteiger partial charge in [-0.1, -0.05) is 31.5 Å². The average molecular weight is 288 g/mol. The Bertz CT molecular complexity index is 552. The van der Waals surface area contributed by atoms with Crippen molar-refractivity contribution >= 4 is 17.5 Å². The molecule has 1 atom stereocenters. The third-order valence-electron chi connectivity index (χ3n) is 3.82. The van der Waals surface area contributed by atoms with Crippen LogP contribution in [0.5, 0.6) is 0 Å². The molecule has 114 valence electrons. The SMILES string of the molecule is Cc1ccc(N2C[C@@H](C(=O)NCC(C)C)CC2=O)c(C)c1. The molecule has 1 aliphatic heterocycles. The maximum atomic E-state index is 12.2. The van der Waals surface area contributed by atoms with Crippen molar-refractivity contribution in [3.8, 4) is 0 Å². The number of hydrogen-bond donors (Lipinski definition) is 1. The van der Waals surface area contributed by atoms with E-state index in [1.165, 1.54) is 5.56 Å². The van der Waals surface area contributed by atoms with Gasteiger partial charge >= 0.3 is 0 Å². The summed E-state index contributed by atoms with van der Waals surface area (Å²) in [6, 6.07) is 6.04. The van der Waals surface area contributed by atoms with E-state index < -0.39 is 0 Å². The second kappa shape index (κ2) is 6.29. The molecule has 0 spiro atoms. The number of anilines is 1. The van der Waals surface area contributed by atoms with Gasteiger partial charge in [-0.05, 0) is 31.4 Å². The largest absolute Gasteiger partial charge is 0.356 e. The van der Waals surface area contributed by atoms with Gasteiger partial charge in [0.25, 0.3) is 0 Å². The van der Waals surface area contributed by atoms with Crippen molar-refractivity contribution in [2.75, 3.05) is 18.0 Å². The lowest BCUT2D eigenvalue weighted by molar-refractivity contribution is -0.126. The van der Waals surface area contributed by atoms with Crippen LogP contribution in [-0.2, 0) is 9.59 Å². The molecule has 4 nitrogen and oxygen atoms in total. The minimum absolute atomic E-state index is 0.00989. The van der Waals surface area contributed by atoms with Crippen molar-refractivity contribution < 1.29 is 9.59 Å². The molecule has 1 N–H and O–H groups in total. The maximum absolute atomic E-state index is 12.2. The predicted octanol–water partition coefficient (Wildman–Crippen LogP) is 2.43. The molecule has 21 heavy (non-hydrogen) atoms. The summed E-state index contributed by atoms with van der Waals surface area (Å²) in [5, 5.41) is 2.92. The molecule has 2 rings (SSSR count). The summed E-state index contributed by atoms with van der Waals surface area (Å²) < 4.78 is 0. The topological polar surface area (TPSA) is 49.4 Å². The Morgan fingerprint density at radius 1 is 1.38 bits per heavy atom. The molecule has 0 bridgehead atoms. The van der Waals surface area contributed by atoms with E-state index in [1.807, 2.05) is 26.0 Å². The standard InChI is InChI=1S/C17H24N2O2/c1-11(2)9-18-17(21)14-8-16(20)19(10-14)15-6-5-12(3)7-13(15)4/h5-7,11,14H,8-10H2,1-4H3,(H,18,21)/t14-/m0/s1. The number of nitrogens with one attached hydrogen (secondary N) is 1. The van der Waals surface area contributed by atoms with E-state index in [-0.39, 0.29) is 17.7 Å². The first kappa shape index (κ1) is 15.5. The zero-order valence-electron chi connectivity index (χ0n) is 13.3. The first-order chi connectivity index (χ1) is 9.88. The summed E-state index contributed by atoms with van der Waals surface area (Å²) in [7, 11) is 0. The van der Waals surface area contributed by atoms with E-state index in [0.717, 1.165) is 11.3 Å². The normalized spacial score (nSPS) is 18.4. The molecule has 0 aliphatic carbocycles. The zero-order chi connectivity index (χ0) is 15.6. The van der Waals surface area contributed by atoms with Gasteiger partial charge in [0, 0.05) is 25.2 Å². The number of aryl methyl sites for hydroxylation is 2. The van der Waals surface area contributed by atoms with Gasteiger partial charge in [-0.15, -0.1) is 0 Å². The van der Waals surface area contributed by atoms with Crippen LogP contribution in [0.4, 0.5) is 5.69 Å². The molecule has 0 unspecified atom stereocenters. The van der Waals surface area contributed by atoms with Gasteiger partial charge in [0.15, 0.2) is 0 Å².